The van der Waals surface area contributed by atoms with Crippen LogP contribution in [-0.4, -0.2) is 51.6 Å². The second-order valence-corrected chi connectivity index (χ2v) is 10.5. The lowest BCUT2D eigenvalue weighted by Gasteiger charge is -2.47. The Labute approximate surface area is 208 Å². The van der Waals surface area contributed by atoms with E-state index >= 15 is 0 Å². The number of amides is 1. The van der Waals surface area contributed by atoms with Crippen molar-refractivity contribution in [3.63, 3.8) is 0 Å². The molecule has 1 amide bonds. The summed E-state index contributed by atoms with van der Waals surface area (Å²) >= 11 is 3.59. The van der Waals surface area contributed by atoms with E-state index in [9.17, 15) is 10.0 Å². The summed E-state index contributed by atoms with van der Waals surface area (Å²) in [5.41, 5.74) is 8.36. The van der Waals surface area contributed by atoms with Gasteiger partial charge in [-0.2, -0.15) is 0 Å². The van der Waals surface area contributed by atoms with Gasteiger partial charge < -0.3 is 5.21 Å². The Kier molecular flexibility index (Phi) is 6.37. The number of halogens is 1. The van der Waals surface area contributed by atoms with Gasteiger partial charge in [-0.25, -0.2) is 4.79 Å². The molecule has 1 unspecified atom stereocenters. The normalized spacial score (nSPS) is 19.7. The van der Waals surface area contributed by atoms with E-state index in [-0.39, 0.29) is 31.5 Å². The predicted molar refractivity (Wildman–Crippen MR) is 135 cm³/mol. The van der Waals surface area contributed by atoms with Gasteiger partial charge in [0.2, 0.25) is 0 Å². The van der Waals surface area contributed by atoms with Crippen molar-refractivity contribution in [2.24, 2.45) is 0 Å². The molecule has 0 bridgehead atoms. The van der Waals surface area contributed by atoms with Crippen LogP contribution in [0.2, 0.25) is 0 Å². The first-order valence-corrected chi connectivity index (χ1v) is 12.6. The van der Waals surface area contributed by atoms with Gasteiger partial charge in [0.25, 0.3) is 0 Å². The Morgan fingerprint density at radius 3 is 2.56 bits per heavy atom. The quantitative estimate of drug-likeness (QED) is 0.377. The summed E-state index contributed by atoms with van der Waals surface area (Å²) in [6.45, 7) is 5.95. The largest absolute Gasteiger partial charge is 0.625 e. The summed E-state index contributed by atoms with van der Waals surface area (Å²) in [6.07, 6.45) is 7.25. The zero-order valence-corrected chi connectivity index (χ0v) is 21.2. The van der Waals surface area contributed by atoms with Crippen molar-refractivity contribution in [2.45, 2.75) is 39.2 Å². The van der Waals surface area contributed by atoms with Crippen molar-refractivity contribution < 1.29 is 9.44 Å². The fourth-order valence-electron chi connectivity index (χ4n) is 5.50. The molecule has 2 aromatic heterocycles. The van der Waals surface area contributed by atoms with E-state index in [0.29, 0.717) is 13.1 Å². The lowest BCUT2D eigenvalue weighted by atomic mass is 9.90. The van der Waals surface area contributed by atoms with Crippen LogP contribution in [0.1, 0.15) is 45.1 Å². The van der Waals surface area contributed by atoms with Crippen LogP contribution in [0, 0.1) is 19.1 Å². The number of benzene rings is 1. The summed E-state index contributed by atoms with van der Waals surface area (Å²) in [4.78, 5) is 24.2. The molecule has 0 radical (unpaired) electrons. The van der Waals surface area contributed by atoms with Crippen LogP contribution < -0.4 is 0 Å². The van der Waals surface area contributed by atoms with Crippen LogP contribution in [0.3, 0.4) is 0 Å². The van der Waals surface area contributed by atoms with Crippen LogP contribution in [0.4, 0.5) is 0 Å². The first-order chi connectivity index (χ1) is 16.3. The van der Waals surface area contributed by atoms with Crippen LogP contribution >= 0.6 is 15.9 Å². The third kappa shape index (κ3) is 4.45. The molecular weight excluding hydrogens is 492 g/mol. The molecule has 176 valence electrons. The van der Waals surface area contributed by atoms with E-state index in [1.165, 1.54) is 27.8 Å². The molecule has 1 saturated heterocycles. The van der Waals surface area contributed by atoms with Gasteiger partial charge in [-0.3, -0.25) is 19.5 Å². The molecule has 1 aliphatic heterocycles. The maximum Gasteiger partial charge on any atom is 0.318 e. The third-order valence-corrected chi connectivity index (χ3v) is 7.64. The van der Waals surface area contributed by atoms with Crippen molar-refractivity contribution >= 4 is 21.8 Å². The van der Waals surface area contributed by atoms with Crippen LogP contribution in [0.5, 0.6) is 0 Å². The maximum atomic E-state index is 13.5. The van der Waals surface area contributed by atoms with Crippen molar-refractivity contribution in [1.82, 2.24) is 14.9 Å². The summed E-state index contributed by atoms with van der Waals surface area (Å²) in [6, 6.07) is 10.3. The number of hydrogen-bond acceptors (Lipinski definition) is 5. The lowest BCUT2D eigenvalue weighted by Crippen LogP contribution is -2.60. The molecule has 1 aliphatic carbocycles. The number of hydrogen-bond donors (Lipinski definition) is 0. The summed E-state index contributed by atoms with van der Waals surface area (Å²) in [5, 5.41) is 13.5. The monoisotopic (exact) mass is 520 g/mol. The van der Waals surface area contributed by atoms with Crippen LogP contribution in [0.25, 0.3) is 0 Å². The molecule has 3 heterocycles. The van der Waals surface area contributed by atoms with Crippen molar-refractivity contribution in [1.29, 1.82) is 0 Å². The van der Waals surface area contributed by atoms with Gasteiger partial charge in [-0.15, -0.1) is 0 Å². The highest BCUT2D eigenvalue weighted by Gasteiger charge is 2.38. The molecule has 2 aliphatic rings. The lowest BCUT2D eigenvalue weighted by molar-refractivity contribution is -0.810. The highest BCUT2D eigenvalue weighted by Crippen LogP contribution is 2.39. The molecule has 7 heteroatoms. The maximum absolute atomic E-state index is 13.5. The number of aryl methyl sites for hydroxylation is 4. The van der Waals surface area contributed by atoms with Gasteiger partial charge in [-0.05, 0) is 88.6 Å². The first kappa shape index (κ1) is 23.3. The number of piperazine rings is 1. The highest BCUT2D eigenvalue weighted by atomic mass is 79.9. The van der Waals surface area contributed by atoms with E-state index in [1.54, 1.807) is 24.5 Å². The first-order valence-electron chi connectivity index (χ1n) is 11.8. The molecular formula is C27H29BrN4O2. The number of hydroxylamine groups is 3. The average molecular weight is 521 g/mol. The summed E-state index contributed by atoms with van der Waals surface area (Å²) < 4.78 is 0.214. The number of carbonyl (C=O) groups excluding carboxylic acids is 1. The Morgan fingerprint density at radius 1 is 1.12 bits per heavy atom. The van der Waals surface area contributed by atoms with Crippen molar-refractivity contribution in [3.05, 3.63) is 97.7 Å². The number of aromatic nitrogens is 2. The minimum absolute atomic E-state index is 0.00903. The van der Waals surface area contributed by atoms with Gasteiger partial charge in [0, 0.05) is 36.2 Å². The number of fused-ring (bicyclic) bond motifs is 2. The summed E-state index contributed by atoms with van der Waals surface area (Å²) in [5.74, 6) is -0.277. The molecule has 1 atom stereocenters. The number of rotatable bonds is 3. The number of pyridine rings is 2. The van der Waals surface area contributed by atoms with Crippen LogP contribution in [0.15, 0.2) is 53.4 Å². The second-order valence-electron chi connectivity index (χ2n) is 9.55. The fraction of sp³-hybridized carbons (Fsp3) is 0.370. The van der Waals surface area contributed by atoms with Crippen LogP contribution in [-0.2, 0) is 24.1 Å². The van der Waals surface area contributed by atoms with E-state index in [1.807, 2.05) is 6.20 Å². The topological polar surface area (TPSA) is 69.2 Å². The van der Waals surface area contributed by atoms with Gasteiger partial charge >= 0.3 is 5.91 Å². The van der Waals surface area contributed by atoms with Gasteiger partial charge in [0.1, 0.15) is 0 Å². The number of nitrogens with zero attached hydrogens (tertiary/aromatic N) is 4. The Bertz CT molecular complexity index is 1220. The zero-order chi connectivity index (χ0) is 23.9. The smallest absolute Gasteiger partial charge is 0.318 e. The molecule has 5 rings (SSSR count). The molecule has 0 saturated carbocycles. The summed E-state index contributed by atoms with van der Waals surface area (Å²) in [7, 11) is 0. The standard InChI is InChI=1S/C27H29BrN4O2/c1-18-13-19(2)25-21(14-18)3-4-22-16-23(28)17-30-26(22)27(25)31-9-11-32(34,12-10-31)24(33)15-20-5-7-29-8-6-20/h5-8,13-14,16-17,27H,3-4,9-12,15H2,1-2H3. The van der Waals surface area contributed by atoms with Gasteiger partial charge in [0.05, 0.1) is 31.2 Å². The fourth-order valence-corrected chi connectivity index (χ4v) is 5.87. The highest BCUT2D eigenvalue weighted by molar-refractivity contribution is 9.10. The molecule has 0 N–H and O–H groups in total. The van der Waals surface area contributed by atoms with E-state index in [4.69, 9.17) is 4.98 Å². The number of carbonyl (C=O) groups is 1. The molecule has 1 fully saturated rings. The SMILES string of the molecule is Cc1cc(C)c2c(c1)CCc1cc(Br)cnc1C2N1CC[N+]([O-])(C(=O)Cc2ccncc2)CC1. The predicted octanol–water partition coefficient (Wildman–Crippen LogP) is 4.44. The third-order valence-electron chi connectivity index (χ3n) is 7.20. The molecule has 6 nitrogen and oxygen atoms in total. The van der Waals surface area contributed by atoms with Gasteiger partial charge in [0.15, 0.2) is 0 Å². The molecule has 0 spiro atoms. The molecule has 1 aromatic carbocycles. The van der Waals surface area contributed by atoms with E-state index < -0.39 is 4.65 Å². The van der Waals surface area contributed by atoms with Gasteiger partial charge in [-0.1, -0.05) is 17.7 Å². The minimum Gasteiger partial charge on any atom is -0.625 e. The average Bonchev–Trinajstić information content (AvgIpc) is 2.97. The molecule has 34 heavy (non-hydrogen) atoms. The van der Waals surface area contributed by atoms with Crippen molar-refractivity contribution in [2.75, 3.05) is 26.2 Å². The Hall–Kier alpha value is -2.45. The number of quaternary nitrogens is 1. The zero-order valence-electron chi connectivity index (χ0n) is 19.6. The minimum atomic E-state index is -0.772. The molecule has 3 aromatic rings. The Morgan fingerprint density at radius 2 is 1.82 bits per heavy atom. The van der Waals surface area contributed by atoms with Crippen molar-refractivity contribution in [3.8, 4) is 0 Å². The van der Waals surface area contributed by atoms with E-state index in [0.717, 1.165) is 28.6 Å². The Balaban J connectivity index is 1.45. The van der Waals surface area contributed by atoms with E-state index in [2.05, 4.69) is 57.9 Å². The second kappa shape index (κ2) is 9.30.